The molecule has 1 aromatic rings. The first-order valence-corrected chi connectivity index (χ1v) is 3.92. The maximum Gasteiger partial charge on any atom is 1.00 e. The summed E-state index contributed by atoms with van der Waals surface area (Å²) in [5.41, 5.74) is 0. The molecule has 4 nitrogen and oxygen atoms in total. The maximum atomic E-state index is 10.4. The van der Waals surface area contributed by atoms with Gasteiger partial charge in [-0.05, 0) is 18.0 Å². The summed E-state index contributed by atoms with van der Waals surface area (Å²) in [5.74, 6) is 0. The molecular weight excluding hydrogens is 159 g/mol. The van der Waals surface area contributed by atoms with Gasteiger partial charge in [0.15, 0.2) is 0 Å². The predicted molar refractivity (Wildman–Crippen MR) is 35.1 cm³/mol. The molecule has 0 aliphatic rings. The van der Waals surface area contributed by atoms with Crippen molar-refractivity contribution in [3.8, 4) is 0 Å². The van der Waals surface area contributed by atoms with E-state index in [1.165, 1.54) is 12.5 Å². The second-order valence-corrected chi connectivity index (χ2v) is 2.64. The number of aryl methyl sites for hydroxylation is 1. The molecule has 0 saturated heterocycles. The van der Waals surface area contributed by atoms with Crippen LogP contribution in [0.3, 0.4) is 0 Å². The summed E-state index contributed by atoms with van der Waals surface area (Å²) in [5, 5.41) is 0.238. The Hall–Kier alpha value is -0.0826. The van der Waals surface area contributed by atoms with Gasteiger partial charge < -0.3 is 9.12 Å². The summed E-state index contributed by atoms with van der Waals surface area (Å²) in [6.07, 6.45) is 2.82. The average Bonchev–Trinajstić information content (AvgIpc) is 2.33. The van der Waals surface area contributed by atoms with Gasteiger partial charge >= 0.3 is 18.9 Å². The van der Waals surface area contributed by atoms with Crippen LogP contribution in [0.5, 0.6) is 0 Å². The first-order chi connectivity index (χ1) is 4.75. The molecule has 0 fully saturated rings. The molecule has 0 radical (unpaired) electrons. The SMILES string of the molecule is CCn1cncc1S(=O)[O-].[Li+]. The second kappa shape index (κ2) is 4.73. The molecule has 11 heavy (non-hydrogen) atoms. The van der Waals surface area contributed by atoms with Crippen LogP contribution >= 0.6 is 0 Å². The number of rotatable bonds is 2. The van der Waals surface area contributed by atoms with Crippen LogP contribution in [-0.4, -0.2) is 18.3 Å². The minimum atomic E-state index is -2.16. The van der Waals surface area contributed by atoms with E-state index in [0.717, 1.165) is 0 Å². The van der Waals surface area contributed by atoms with E-state index in [4.69, 9.17) is 0 Å². The monoisotopic (exact) mass is 166 g/mol. The molecule has 1 heterocycles. The summed E-state index contributed by atoms with van der Waals surface area (Å²) in [6, 6.07) is 0. The fourth-order valence-electron chi connectivity index (χ4n) is 0.685. The van der Waals surface area contributed by atoms with Gasteiger partial charge in [-0.3, -0.25) is 4.21 Å². The number of hydrogen-bond donors (Lipinski definition) is 0. The van der Waals surface area contributed by atoms with Crippen LogP contribution in [0.2, 0.25) is 0 Å². The zero-order chi connectivity index (χ0) is 7.56. The van der Waals surface area contributed by atoms with Crippen molar-refractivity contribution in [3.05, 3.63) is 12.5 Å². The molecule has 0 aromatic carbocycles. The van der Waals surface area contributed by atoms with E-state index < -0.39 is 11.1 Å². The smallest absolute Gasteiger partial charge is 0.767 e. The number of aromatic nitrogens is 2. The molecule has 0 spiro atoms. The van der Waals surface area contributed by atoms with E-state index in [1.807, 2.05) is 6.92 Å². The number of imidazole rings is 1. The fraction of sp³-hybridized carbons (Fsp3) is 0.400. The fourth-order valence-corrected chi connectivity index (χ4v) is 1.20. The molecule has 0 aliphatic heterocycles. The van der Waals surface area contributed by atoms with Crippen LogP contribution in [0.25, 0.3) is 0 Å². The quantitative estimate of drug-likeness (QED) is 0.351. The second-order valence-electron chi connectivity index (χ2n) is 1.75. The Bertz CT molecular complexity index is 250. The third-order valence-corrected chi connectivity index (χ3v) is 1.87. The van der Waals surface area contributed by atoms with Crippen molar-refractivity contribution < 1.29 is 27.6 Å². The molecule has 0 amide bonds. The van der Waals surface area contributed by atoms with E-state index in [0.29, 0.717) is 6.54 Å². The van der Waals surface area contributed by atoms with Gasteiger partial charge in [0.05, 0.1) is 12.5 Å². The molecule has 56 valence electrons. The van der Waals surface area contributed by atoms with Crippen molar-refractivity contribution in [2.24, 2.45) is 0 Å². The first-order valence-electron chi connectivity index (χ1n) is 2.85. The van der Waals surface area contributed by atoms with Crippen LogP contribution in [0.15, 0.2) is 17.6 Å². The van der Waals surface area contributed by atoms with Crippen molar-refractivity contribution in [2.45, 2.75) is 18.5 Å². The maximum absolute atomic E-state index is 10.4. The molecule has 0 bridgehead atoms. The van der Waals surface area contributed by atoms with Crippen molar-refractivity contribution >= 4 is 11.1 Å². The van der Waals surface area contributed by atoms with Crippen molar-refractivity contribution in [1.82, 2.24) is 9.55 Å². The topological polar surface area (TPSA) is 58.0 Å². The van der Waals surface area contributed by atoms with Crippen LogP contribution in [0.1, 0.15) is 6.92 Å². The van der Waals surface area contributed by atoms with Crippen LogP contribution in [-0.2, 0) is 17.6 Å². The van der Waals surface area contributed by atoms with E-state index in [1.54, 1.807) is 4.57 Å². The van der Waals surface area contributed by atoms with Crippen molar-refractivity contribution in [1.29, 1.82) is 0 Å². The van der Waals surface area contributed by atoms with Gasteiger partial charge in [-0.15, -0.1) is 0 Å². The normalized spacial score (nSPS) is 12.2. The zero-order valence-corrected chi connectivity index (χ0v) is 7.30. The molecule has 1 rings (SSSR count). The van der Waals surface area contributed by atoms with Crippen LogP contribution in [0, 0.1) is 0 Å². The Labute approximate surface area is 79.5 Å². The molecule has 1 aromatic heterocycles. The zero-order valence-electron chi connectivity index (χ0n) is 6.48. The van der Waals surface area contributed by atoms with Gasteiger partial charge in [-0.1, -0.05) is 0 Å². The molecule has 0 aliphatic carbocycles. The van der Waals surface area contributed by atoms with E-state index >= 15 is 0 Å². The Morgan fingerprint density at radius 3 is 2.82 bits per heavy atom. The molecule has 0 saturated carbocycles. The first kappa shape index (κ1) is 10.9. The van der Waals surface area contributed by atoms with E-state index in [-0.39, 0.29) is 23.9 Å². The van der Waals surface area contributed by atoms with E-state index in [9.17, 15) is 8.76 Å². The van der Waals surface area contributed by atoms with E-state index in [2.05, 4.69) is 4.98 Å². The Balaban J connectivity index is 0.000001000. The molecule has 1 atom stereocenters. The predicted octanol–water partition coefficient (Wildman–Crippen LogP) is -2.85. The minimum Gasteiger partial charge on any atom is -0.767 e. The minimum absolute atomic E-state index is 0. The third-order valence-electron chi connectivity index (χ3n) is 1.19. The molecule has 0 N–H and O–H groups in total. The van der Waals surface area contributed by atoms with Gasteiger partial charge in [-0.25, -0.2) is 4.98 Å². The molecule has 1 unspecified atom stereocenters. The number of hydrogen-bond acceptors (Lipinski definition) is 3. The van der Waals surface area contributed by atoms with Gasteiger partial charge in [0.2, 0.25) is 0 Å². The van der Waals surface area contributed by atoms with Gasteiger partial charge in [0, 0.05) is 6.54 Å². The molecular formula is C5H7LiN2O2S. The van der Waals surface area contributed by atoms with Gasteiger partial charge in [0.1, 0.15) is 5.03 Å². The van der Waals surface area contributed by atoms with Crippen molar-refractivity contribution in [3.63, 3.8) is 0 Å². The van der Waals surface area contributed by atoms with Gasteiger partial charge in [0.25, 0.3) is 0 Å². The van der Waals surface area contributed by atoms with Crippen molar-refractivity contribution in [2.75, 3.05) is 0 Å². The summed E-state index contributed by atoms with van der Waals surface area (Å²) >= 11 is -2.16. The summed E-state index contributed by atoms with van der Waals surface area (Å²) in [6.45, 7) is 2.49. The Morgan fingerprint density at radius 1 is 1.82 bits per heavy atom. The van der Waals surface area contributed by atoms with Crippen LogP contribution < -0.4 is 18.9 Å². The van der Waals surface area contributed by atoms with Gasteiger partial charge in [-0.2, -0.15) is 0 Å². The summed E-state index contributed by atoms with van der Waals surface area (Å²) in [7, 11) is 0. The standard InChI is InChI=1S/C5H8N2O2S.Li/c1-2-7-4-6-3-5(7)10(8)9;/h3-4H,2H2,1H3,(H,8,9);/q;+1/p-1. The third kappa shape index (κ3) is 2.45. The average molecular weight is 166 g/mol. The Kier molecular flexibility index (Phi) is 4.69. The molecule has 6 heteroatoms. The number of nitrogens with zero attached hydrogens (tertiary/aromatic N) is 2. The van der Waals surface area contributed by atoms with Crippen LogP contribution in [0.4, 0.5) is 0 Å². The largest absolute Gasteiger partial charge is 1.00 e. The Morgan fingerprint density at radius 2 is 2.45 bits per heavy atom. The summed E-state index contributed by atoms with van der Waals surface area (Å²) in [4.78, 5) is 3.68. The summed E-state index contributed by atoms with van der Waals surface area (Å²) < 4.78 is 22.3.